The molecule has 1 rings (SSSR count). The maximum absolute atomic E-state index is 4.37. The third kappa shape index (κ3) is 3.53. The Morgan fingerprint density at radius 3 is 2.29 bits per heavy atom. The monoisotopic (exact) mass is 231 g/mol. The average molecular weight is 231 g/mol. The molecule has 0 spiro atoms. The number of nitrogens with zero attached hydrogens (tertiary/aromatic N) is 3. The van der Waals surface area contributed by atoms with Crippen LogP contribution in [0.3, 0.4) is 0 Å². The summed E-state index contributed by atoms with van der Waals surface area (Å²) in [6, 6.07) is 0. The van der Waals surface area contributed by atoms with Crippen molar-refractivity contribution in [3.8, 4) is 0 Å². The van der Waals surface area contributed by atoms with Gasteiger partial charge in [-0.25, -0.2) is 0 Å². The lowest BCUT2D eigenvalue weighted by atomic mass is 10.4. The quantitative estimate of drug-likeness (QED) is 0.778. The fourth-order valence-corrected chi connectivity index (χ4v) is 2.31. The normalized spacial score (nSPS) is 11.2. The van der Waals surface area contributed by atoms with Crippen molar-refractivity contribution in [2.24, 2.45) is 7.05 Å². The van der Waals surface area contributed by atoms with Gasteiger partial charge in [0.25, 0.3) is 0 Å². The van der Waals surface area contributed by atoms with Crippen LogP contribution in [0.5, 0.6) is 0 Å². The average Bonchev–Trinajstić information content (AvgIpc) is 2.44. The Morgan fingerprint density at radius 1 is 1.21 bits per heavy atom. The lowest BCUT2D eigenvalue weighted by Gasteiger charge is -2.02. The SMILES string of the molecule is CSCc1nn(C)nc1CSC(C)C. The number of thioether (sulfide) groups is 2. The van der Waals surface area contributed by atoms with Gasteiger partial charge in [0.15, 0.2) is 0 Å². The molecule has 14 heavy (non-hydrogen) atoms. The Hall–Kier alpha value is -0.160. The van der Waals surface area contributed by atoms with Crippen LogP contribution in [0.2, 0.25) is 0 Å². The Balaban J connectivity index is 2.63. The van der Waals surface area contributed by atoms with E-state index in [1.54, 1.807) is 16.6 Å². The maximum Gasteiger partial charge on any atom is 0.0966 e. The van der Waals surface area contributed by atoms with Crippen molar-refractivity contribution in [2.45, 2.75) is 30.6 Å². The molecule has 0 atom stereocenters. The molecule has 0 bridgehead atoms. The molecule has 0 saturated carbocycles. The molecule has 0 fully saturated rings. The van der Waals surface area contributed by atoms with Gasteiger partial charge in [-0.2, -0.15) is 38.5 Å². The Labute approximate surface area is 94.0 Å². The molecular formula is C9H17N3S2. The molecule has 1 heterocycles. The van der Waals surface area contributed by atoms with Crippen LogP contribution in [0.15, 0.2) is 0 Å². The van der Waals surface area contributed by atoms with E-state index in [0.29, 0.717) is 5.25 Å². The molecule has 5 heteroatoms. The first kappa shape index (κ1) is 11.9. The Kier molecular flexibility index (Phi) is 4.81. The first-order chi connectivity index (χ1) is 6.63. The van der Waals surface area contributed by atoms with Crippen LogP contribution in [-0.4, -0.2) is 26.5 Å². The minimum Gasteiger partial charge on any atom is -0.187 e. The third-order valence-electron chi connectivity index (χ3n) is 1.70. The van der Waals surface area contributed by atoms with Gasteiger partial charge in [-0.15, -0.1) is 0 Å². The second-order valence-corrected chi connectivity index (χ2v) is 5.81. The van der Waals surface area contributed by atoms with Gasteiger partial charge < -0.3 is 0 Å². The summed E-state index contributed by atoms with van der Waals surface area (Å²) < 4.78 is 0. The molecule has 1 aromatic heterocycles. The number of hydrogen-bond donors (Lipinski definition) is 0. The number of aromatic nitrogens is 3. The predicted molar refractivity (Wildman–Crippen MR) is 64.7 cm³/mol. The van der Waals surface area contributed by atoms with Gasteiger partial charge in [0.2, 0.25) is 0 Å². The molecule has 0 aliphatic heterocycles. The van der Waals surface area contributed by atoms with E-state index in [1.807, 2.05) is 18.8 Å². The van der Waals surface area contributed by atoms with Gasteiger partial charge in [0.05, 0.1) is 11.4 Å². The smallest absolute Gasteiger partial charge is 0.0966 e. The summed E-state index contributed by atoms with van der Waals surface area (Å²) in [6.07, 6.45) is 2.09. The maximum atomic E-state index is 4.37. The van der Waals surface area contributed by atoms with E-state index in [9.17, 15) is 0 Å². The molecule has 0 amide bonds. The van der Waals surface area contributed by atoms with Crippen molar-refractivity contribution in [2.75, 3.05) is 6.26 Å². The van der Waals surface area contributed by atoms with Crippen molar-refractivity contribution in [1.82, 2.24) is 15.0 Å². The Bertz CT molecular complexity index is 284. The predicted octanol–water partition coefficient (Wildman–Crippen LogP) is 2.32. The van der Waals surface area contributed by atoms with Crippen LogP contribution in [0.25, 0.3) is 0 Å². The Morgan fingerprint density at radius 2 is 1.79 bits per heavy atom. The summed E-state index contributed by atoms with van der Waals surface area (Å²) in [7, 11) is 1.88. The summed E-state index contributed by atoms with van der Waals surface area (Å²) in [5.74, 6) is 1.93. The zero-order valence-corrected chi connectivity index (χ0v) is 10.8. The van der Waals surface area contributed by atoms with Gasteiger partial charge in [0.1, 0.15) is 0 Å². The van der Waals surface area contributed by atoms with Gasteiger partial charge >= 0.3 is 0 Å². The fourth-order valence-electron chi connectivity index (χ4n) is 1.09. The minimum atomic E-state index is 0.652. The summed E-state index contributed by atoms with van der Waals surface area (Å²) in [5, 5.41) is 9.37. The van der Waals surface area contributed by atoms with Crippen molar-refractivity contribution in [1.29, 1.82) is 0 Å². The molecule has 0 N–H and O–H groups in total. The summed E-state index contributed by atoms with van der Waals surface area (Å²) in [6.45, 7) is 4.41. The number of rotatable bonds is 5. The highest BCUT2D eigenvalue weighted by atomic mass is 32.2. The second kappa shape index (κ2) is 5.66. The highest BCUT2D eigenvalue weighted by Gasteiger charge is 2.09. The van der Waals surface area contributed by atoms with Crippen molar-refractivity contribution in [3.63, 3.8) is 0 Å². The fraction of sp³-hybridized carbons (Fsp3) is 0.778. The van der Waals surface area contributed by atoms with E-state index in [4.69, 9.17) is 0 Å². The molecule has 0 aliphatic carbocycles. The zero-order chi connectivity index (χ0) is 10.6. The molecule has 80 valence electrons. The first-order valence-electron chi connectivity index (χ1n) is 4.63. The van der Waals surface area contributed by atoms with Crippen LogP contribution in [0.1, 0.15) is 25.2 Å². The van der Waals surface area contributed by atoms with Gasteiger partial charge in [-0.1, -0.05) is 13.8 Å². The standard InChI is InChI=1S/C9H17N3S2/c1-7(2)14-6-9-8(5-13-4)10-12(3)11-9/h7H,5-6H2,1-4H3. The largest absolute Gasteiger partial charge is 0.187 e. The van der Waals surface area contributed by atoms with Crippen LogP contribution in [0.4, 0.5) is 0 Å². The van der Waals surface area contributed by atoms with E-state index < -0.39 is 0 Å². The first-order valence-corrected chi connectivity index (χ1v) is 7.07. The van der Waals surface area contributed by atoms with Crippen LogP contribution in [-0.2, 0) is 18.6 Å². The summed E-state index contributed by atoms with van der Waals surface area (Å²) >= 11 is 3.70. The van der Waals surface area contributed by atoms with E-state index in [1.165, 1.54) is 0 Å². The van der Waals surface area contributed by atoms with Crippen molar-refractivity contribution >= 4 is 23.5 Å². The molecule has 0 saturated heterocycles. The van der Waals surface area contributed by atoms with Crippen molar-refractivity contribution < 1.29 is 0 Å². The summed E-state index contributed by atoms with van der Waals surface area (Å²) in [5.41, 5.74) is 2.27. The molecule has 1 aromatic rings. The zero-order valence-electron chi connectivity index (χ0n) is 9.15. The van der Waals surface area contributed by atoms with Gasteiger partial charge in [-0.05, 0) is 11.5 Å². The topological polar surface area (TPSA) is 30.7 Å². The van der Waals surface area contributed by atoms with E-state index >= 15 is 0 Å². The second-order valence-electron chi connectivity index (χ2n) is 3.38. The number of hydrogen-bond acceptors (Lipinski definition) is 4. The highest BCUT2D eigenvalue weighted by molar-refractivity contribution is 7.99. The van der Waals surface area contributed by atoms with Gasteiger partial charge in [-0.3, -0.25) is 0 Å². The van der Waals surface area contributed by atoms with E-state index in [0.717, 1.165) is 22.9 Å². The molecule has 3 nitrogen and oxygen atoms in total. The van der Waals surface area contributed by atoms with Crippen molar-refractivity contribution in [3.05, 3.63) is 11.4 Å². The van der Waals surface area contributed by atoms with Crippen LogP contribution < -0.4 is 0 Å². The summed E-state index contributed by atoms with van der Waals surface area (Å²) in [4.78, 5) is 1.67. The highest BCUT2D eigenvalue weighted by Crippen LogP contribution is 2.19. The van der Waals surface area contributed by atoms with Crippen LogP contribution >= 0.6 is 23.5 Å². The molecular weight excluding hydrogens is 214 g/mol. The third-order valence-corrected chi connectivity index (χ3v) is 3.37. The van der Waals surface area contributed by atoms with E-state index in [2.05, 4.69) is 30.3 Å². The van der Waals surface area contributed by atoms with E-state index in [-0.39, 0.29) is 0 Å². The van der Waals surface area contributed by atoms with Crippen LogP contribution in [0, 0.1) is 0 Å². The van der Waals surface area contributed by atoms with Gasteiger partial charge in [0, 0.05) is 18.6 Å². The molecule has 0 aliphatic rings. The minimum absolute atomic E-state index is 0.652. The number of aryl methyl sites for hydroxylation is 1. The molecule has 0 radical (unpaired) electrons. The lowest BCUT2D eigenvalue weighted by Crippen LogP contribution is -1.94. The molecule has 0 unspecified atom stereocenters. The lowest BCUT2D eigenvalue weighted by molar-refractivity contribution is 0.645. The molecule has 0 aromatic carbocycles.